The third kappa shape index (κ3) is 2.86. The third-order valence-electron chi connectivity index (χ3n) is 4.25. The molecule has 3 N–H and O–H groups in total. The molecule has 136 valence electrons. The Morgan fingerprint density at radius 3 is 2.48 bits per heavy atom. The minimum Gasteiger partial charge on any atom is -0.769 e. The van der Waals surface area contributed by atoms with Gasteiger partial charge >= 0.3 is 0 Å². The van der Waals surface area contributed by atoms with Crippen LogP contribution in [0.2, 0.25) is 0 Å². The van der Waals surface area contributed by atoms with Crippen LogP contribution in [-0.2, 0) is 0 Å². The molecular weight excluding hydrogens is 352 g/mol. The average Bonchev–Trinajstić information content (AvgIpc) is 3.01. The van der Waals surface area contributed by atoms with Crippen LogP contribution in [0.4, 0.5) is 17.1 Å². The Morgan fingerprint density at radius 2 is 1.78 bits per heavy atom. The van der Waals surface area contributed by atoms with Crippen molar-refractivity contribution in [2.45, 2.75) is 0 Å². The molecule has 0 unspecified atom stereocenters. The zero-order valence-corrected chi connectivity index (χ0v) is 13.7. The minimum absolute atomic E-state index is 0.156. The van der Waals surface area contributed by atoms with Gasteiger partial charge in [0.05, 0.1) is 11.3 Å². The molecule has 27 heavy (non-hydrogen) atoms. The molecule has 0 spiro atoms. The van der Waals surface area contributed by atoms with Crippen molar-refractivity contribution in [2.24, 2.45) is 4.99 Å². The number of carbonyl (C=O) groups excluding carboxylic acids is 1. The molecule has 1 heterocycles. The van der Waals surface area contributed by atoms with Crippen molar-refractivity contribution in [3.8, 4) is 0 Å². The molecule has 0 aromatic heterocycles. The molecule has 0 radical (unpaired) electrons. The summed E-state index contributed by atoms with van der Waals surface area (Å²) < 4.78 is 0. The molecule has 9 nitrogen and oxygen atoms in total. The molecular formula is C18H12N4O5-2. The first-order chi connectivity index (χ1) is 13.0. The fraction of sp³-hybridized carbons (Fsp3) is 0. The molecule has 0 atom stereocenters. The van der Waals surface area contributed by atoms with Crippen molar-refractivity contribution >= 4 is 39.6 Å². The van der Waals surface area contributed by atoms with Gasteiger partial charge in [0.1, 0.15) is 11.5 Å². The summed E-state index contributed by atoms with van der Waals surface area (Å²) in [4.78, 5) is 17.1. The summed E-state index contributed by atoms with van der Waals surface area (Å²) in [5.74, 6) is -0.366. The monoisotopic (exact) mass is 364 g/mol. The third-order valence-corrected chi connectivity index (χ3v) is 4.25. The first-order valence-corrected chi connectivity index (χ1v) is 7.84. The fourth-order valence-corrected chi connectivity index (χ4v) is 3.05. The van der Waals surface area contributed by atoms with E-state index < -0.39 is 16.8 Å². The van der Waals surface area contributed by atoms with Gasteiger partial charge in [0.25, 0.3) is 5.91 Å². The van der Waals surface area contributed by atoms with Gasteiger partial charge < -0.3 is 21.0 Å². The largest absolute Gasteiger partial charge is 0.769 e. The van der Waals surface area contributed by atoms with Gasteiger partial charge in [0.2, 0.25) is 0 Å². The van der Waals surface area contributed by atoms with Gasteiger partial charge in [0, 0.05) is 16.6 Å². The van der Waals surface area contributed by atoms with Crippen LogP contribution < -0.4 is 15.8 Å². The molecule has 4 rings (SSSR count). The van der Waals surface area contributed by atoms with Crippen molar-refractivity contribution in [1.29, 1.82) is 0 Å². The lowest BCUT2D eigenvalue weighted by Crippen LogP contribution is -2.31. The number of anilines is 2. The van der Waals surface area contributed by atoms with E-state index in [1.165, 1.54) is 0 Å². The normalized spacial score (nSPS) is 12.1. The van der Waals surface area contributed by atoms with Crippen LogP contribution in [0.1, 0.15) is 15.9 Å². The highest BCUT2D eigenvalue weighted by atomic mass is 16.8. The number of hydrogen-bond acceptors (Lipinski definition) is 8. The molecule has 3 aromatic carbocycles. The lowest BCUT2D eigenvalue weighted by molar-refractivity contribution is 0.0285. The zero-order chi connectivity index (χ0) is 19.1. The summed E-state index contributed by atoms with van der Waals surface area (Å²) in [5, 5.41) is 43.9. The van der Waals surface area contributed by atoms with E-state index in [4.69, 9.17) is 0 Å². The molecule has 1 amide bonds. The minimum atomic E-state index is -0.701. The van der Waals surface area contributed by atoms with E-state index in [0.717, 1.165) is 34.5 Å². The highest BCUT2D eigenvalue weighted by Gasteiger charge is 2.22. The number of amides is 1. The van der Waals surface area contributed by atoms with E-state index in [1.54, 1.807) is 0 Å². The number of hydrogen-bond donors (Lipinski definition) is 3. The smallest absolute Gasteiger partial charge is 0.259 e. The van der Waals surface area contributed by atoms with E-state index in [-0.39, 0.29) is 16.5 Å². The van der Waals surface area contributed by atoms with Crippen LogP contribution in [0.25, 0.3) is 10.8 Å². The maximum absolute atomic E-state index is 12.7. The zero-order valence-electron chi connectivity index (χ0n) is 13.7. The standard InChI is InChI=1S/C18H12N4O5/c23-18(12-8-7-11(21(24)25)9-15(12)22(26)27)20-17-13-5-1-3-10-4-2-6-14(19-17)16(10)13/h1-9,26-27H,(H,19,20,23)/q-2. The topological polar surface area (TPSA) is 135 Å². The Balaban J connectivity index is 1.69. The van der Waals surface area contributed by atoms with Gasteiger partial charge in [-0.3, -0.25) is 15.2 Å². The summed E-state index contributed by atoms with van der Waals surface area (Å²) in [7, 11) is 0. The first kappa shape index (κ1) is 16.9. The maximum Gasteiger partial charge on any atom is 0.259 e. The summed E-state index contributed by atoms with van der Waals surface area (Å²) in [6.07, 6.45) is 0. The van der Waals surface area contributed by atoms with Gasteiger partial charge in [-0.25, -0.2) is 4.99 Å². The molecule has 1 aliphatic rings. The second-order valence-electron chi connectivity index (χ2n) is 5.84. The number of benzene rings is 3. The molecule has 0 saturated carbocycles. The lowest BCUT2D eigenvalue weighted by atomic mass is 10.0. The maximum atomic E-state index is 12.7. The molecule has 0 aliphatic carbocycles. The highest BCUT2D eigenvalue weighted by Crippen LogP contribution is 2.35. The molecule has 1 aliphatic heterocycles. The Kier molecular flexibility index (Phi) is 3.98. The van der Waals surface area contributed by atoms with Crippen LogP contribution in [0.15, 0.2) is 59.6 Å². The number of aliphatic imine (C=N–C) groups is 1. The Bertz CT molecular complexity index is 1090. The quantitative estimate of drug-likeness (QED) is 0.608. The number of nitrogens with zero attached hydrogens (tertiary/aromatic N) is 3. The van der Waals surface area contributed by atoms with E-state index >= 15 is 0 Å². The van der Waals surface area contributed by atoms with Crippen molar-refractivity contribution in [3.63, 3.8) is 0 Å². The molecule has 9 heteroatoms. The predicted molar refractivity (Wildman–Crippen MR) is 99.3 cm³/mol. The van der Waals surface area contributed by atoms with Gasteiger partial charge in [0.15, 0.2) is 0 Å². The Morgan fingerprint density at radius 1 is 1.04 bits per heavy atom. The summed E-state index contributed by atoms with van der Waals surface area (Å²) in [6.45, 7) is 0. The van der Waals surface area contributed by atoms with Gasteiger partial charge in [-0.05, 0) is 29.7 Å². The second-order valence-corrected chi connectivity index (χ2v) is 5.84. The van der Waals surface area contributed by atoms with Crippen molar-refractivity contribution < 1.29 is 15.2 Å². The van der Waals surface area contributed by atoms with Crippen LogP contribution in [0.3, 0.4) is 0 Å². The first-order valence-electron chi connectivity index (χ1n) is 7.84. The fourth-order valence-electron chi connectivity index (χ4n) is 3.05. The number of nitrogens with one attached hydrogen (secondary N) is 1. The average molecular weight is 364 g/mol. The summed E-state index contributed by atoms with van der Waals surface area (Å²) >= 11 is 0. The van der Waals surface area contributed by atoms with Crippen LogP contribution in [-0.4, -0.2) is 22.2 Å². The SMILES string of the molecule is O=C(NC1=Nc2cccc3cccc1c23)c1ccc(N([O-])[O-])cc1N(O)O. The van der Waals surface area contributed by atoms with Gasteiger partial charge in [-0.1, -0.05) is 30.3 Å². The molecule has 0 fully saturated rings. The van der Waals surface area contributed by atoms with Crippen molar-refractivity contribution in [1.82, 2.24) is 5.32 Å². The highest BCUT2D eigenvalue weighted by molar-refractivity contribution is 6.24. The van der Waals surface area contributed by atoms with Crippen LogP contribution in [0, 0.1) is 10.4 Å². The number of rotatable bonds is 3. The lowest BCUT2D eigenvalue weighted by Gasteiger charge is -2.37. The molecule has 0 saturated heterocycles. The Hall–Kier alpha value is -3.50. The van der Waals surface area contributed by atoms with E-state index in [9.17, 15) is 25.6 Å². The predicted octanol–water partition coefficient (Wildman–Crippen LogP) is 3.05. The van der Waals surface area contributed by atoms with E-state index in [1.807, 2.05) is 36.4 Å². The number of carbonyl (C=O) groups is 1. The molecule has 0 bridgehead atoms. The van der Waals surface area contributed by atoms with Gasteiger partial charge in [-0.2, -0.15) is 0 Å². The van der Waals surface area contributed by atoms with E-state index in [2.05, 4.69) is 10.3 Å². The van der Waals surface area contributed by atoms with Gasteiger partial charge in [-0.15, -0.1) is 5.23 Å². The molecule has 3 aromatic rings. The summed E-state index contributed by atoms with van der Waals surface area (Å²) in [5.41, 5.74) is 0.496. The van der Waals surface area contributed by atoms with Crippen molar-refractivity contribution in [2.75, 3.05) is 10.5 Å². The van der Waals surface area contributed by atoms with Crippen LogP contribution >= 0.6 is 0 Å². The van der Waals surface area contributed by atoms with Crippen LogP contribution in [0.5, 0.6) is 0 Å². The summed E-state index contributed by atoms with van der Waals surface area (Å²) in [6, 6.07) is 14.4. The van der Waals surface area contributed by atoms with Crippen molar-refractivity contribution in [3.05, 3.63) is 76.1 Å². The second kappa shape index (κ2) is 6.34. The number of amidine groups is 1. The van der Waals surface area contributed by atoms with E-state index in [0.29, 0.717) is 11.5 Å². The Labute approximate surface area is 152 Å².